The number of Topliss-reactive ketones (excluding diaryl/α,β-unsaturated/α-hetero) is 1. The molecule has 0 radical (unpaired) electrons. The quantitative estimate of drug-likeness (QED) is 0.683. The molecule has 5 nitrogen and oxygen atoms in total. The summed E-state index contributed by atoms with van der Waals surface area (Å²) in [6, 6.07) is 9.72. The zero-order chi connectivity index (χ0) is 17.9. The highest BCUT2D eigenvalue weighted by molar-refractivity contribution is 6.30. The molecule has 24 heavy (non-hydrogen) atoms. The van der Waals surface area contributed by atoms with Gasteiger partial charge in [-0.3, -0.25) is 19.0 Å². The molecule has 0 saturated carbocycles. The number of hydrogen-bond donors (Lipinski definition) is 1. The van der Waals surface area contributed by atoms with Crippen molar-refractivity contribution >= 4 is 23.3 Å². The smallest absolute Gasteiger partial charge is 0.251 e. The summed E-state index contributed by atoms with van der Waals surface area (Å²) in [6.45, 7) is 5.40. The Labute approximate surface area is 145 Å². The van der Waals surface area contributed by atoms with E-state index in [9.17, 15) is 14.4 Å². The molecule has 0 bridgehead atoms. The number of rotatable bonds is 4. The fraction of sp³-hybridized carbons (Fsp3) is 0.278. The molecular weight excluding hydrogens is 328 g/mol. The second kappa shape index (κ2) is 7.01. The van der Waals surface area contributed by atoms with Gasteiger partial charge in [-0.05, 0) is 26.8 Å². The molecule has 0 aliphatic rings. The van der Waals surface area contributed by atoms with Crippen LogP contribution in [0.15, 0.2) is 53.5 Å². The van der Waals surface area contributed by atoms with Crippen molar-refractivity contribution in [3.63, 3.8) is 0 Å². The maximum absolute atomic E-state index is 12.9. The van der Waals surface area contributed by atoms with Crippen LogP contribution in [0.2, 0.25) is 5.02 Å². The Hall–Kier alpha value is -2.40. The Balaban J connectivity index is 2.53. The van der Waals surface area contributed by atoms with Gasteiger partial charge in [0.1, 0.15) is 0 Å². The van der Waals surface area contributed by atoms with E-state index >= 15 is 0 Å². The number of halogens is 1. The topological polar surface area (TPSA) is 68.2 Å². The lowest BCUT2D eigenvalue weighted by Crippen LogP contribution is -2.48. The maximum Gasteiger partial charge on any atom is 0.251 e. The summed E-state index contributed by atoms with van der Waals surface area (Å²) in [5, 5.41) is 3.02. The first-order valence-electron chi connectivity index (χ1n) is 7.48. The van der Waals surface area contributed by atoms with E-state index in [2.05, 4.69) is 5.32 Å². The lowest BCUT2D eigenvalue weighted by Gasteiger charge is -2.25. The number of ketones is 1. The summed E-state index contributed by atoms with van der Waals surface area (Å²) < 4.78 is 1.07. The van der Waals surface area contributed by atoms with Crippen LogP contribution < -0.4 is 10.9 Å². The molecule has 2 rings (SSSR count). The summed E-state index contributed by atoms with van der Waals surface area (Å²) in [7, 11) is 0. The van der Waals surface area contributed by atoms with Crippen LogP contribution in [0.5, 0.6) is 0 Å². The number of amides is 1. The Morgan fingerprint density at radius 3 is 2.29 bits per heavy atom. The number of hydrogen-bond acceptors (Lipinski definition) is 3. The second-order valence-electron chi connectivity index (χ2n) is 6.46. The number of benzene rings is 1. The monoisotopic (exact) mass is 346 g/mol. The van der Waals surface area contributed by atoms with Crippen LogP contribution in [0, 0.1) is 0 Å². The first-order valence-corrected chi connectivity index (χ1v) is 7.86. The lowest BCUT2D eigenvalue weighted by molar-refractivity contribution is -0.124. The molecule has 126 valence electrons. The predicted octanol–water partition coefficient (Wildman–Crippen LogP) is 2.84. The molecule has 0 spiro atoms. The summed E-state index contributed by atoms with van der Waals surface area (Å²) in [6.07, 6.45) is 1.30. The highest BCUT2D eigenvalue weighted by Crippen LogP contribution is 2.17. The van der Waals surface area contributed by atoms with Crippen LogP contribution in [0.3, 0.4) is 0 Å². The lowest BCUT2D eigenvalue weighted by atomic mass is 10.0. The first kappa shape index (κ1) is 17.9. The van der Waals surface area contributed by atoms with E-state index in [0.717, 1.165) is 4.57 Å². The Kier molecular flexibility index (Phi) is 5.24. The zero-order valence-electron chi connectivity index (χ0n) is 13.7. The van der Waals surface area contributed by atoms with Crippen molar-refractivity contribution in [1.29, 1.82) is 0 Å². The average Bonchev–Trinajstić information content (AvgIpc) is 2.50. The van der Waals surface area contributed by atoms with Crippen molar-refractivity contribution in [2.45, 2.75) is 32.4 Å². The van der Waals surface area contributed by atoms with E-state index in [-0.39, 0.29) is 5.02 Å². The van der Waals surface area contributed by atoms with Crippen molar-refractivity contribution in [1.82, 2.24) is 9.88 Å². The molecule has 6 heteroatoms. The molecule has 1 aromatic carbocycles. The molecule has 0 aliphatic heterocycles. The van der Waals surface area contributed by atoms with Crippen LogP contribution in [-0.2, 0) is 4.79 Å². The highest BCUT2D eigenvalue weighted by Gasteiger charge is 2.32. The molecular formula is C18H19ClN2O3. The molecule has 0 aliphatic carbocycles. The highest BCUT2D eigenvalue weighted by atomic mass is 35.5. The minimum atomic E-state index is -1.32. The van der Waals surface area contributed by atoms with Gasteiger partial charge in [-0.1, -0.05) is 41.9 Å². The fourth-order valence-electron chi connectivity index (χ4n) is 2.25. The van der Waals surface area contributed by atoms with Crippen molar-refractivity contribution in [3.05, 3.63) is 69.6 Å². The third-order valence-electron chi connectivity index (χ3n) is 3.23. The van der Waals surface area contributed by atoms with Crippen LogP contribution in [0.4, 0.5) is 0 Å². The van der Waals surface area contributed by atoms with Crippen molar-refractivity contribution in [3.8, 4) is 0 Å². The van der Waals surface area contributed by atoms with Gasteiger partial charge in [-0.2, -0.15) is 0 Å². The molecule has 0 unspecified atom stereocenters. The number of nitrogens with zero attached hydrogens (tertiary/aromatic N) is 1. The normalized spacial score (nSPS) is 12.5. The van der Waals surface area contributed by atoms with Gasteiger partial charge in [0, 0.05) is 23.4 Å². The van der Waals surface area contributed by atoms with Gasteiger partial charge in [-0.15, -0.1) is 0 Å². The summed E-state index contributed by atoms with van der Waals surface area (Å²) in [4.78, 5) is 37.8. The van der Waals surface area contributed by atoms with E-state index in [1.165, 1.54) is 18.3 Å². The molecule has 0 fully saturated rings. The van der Waals surface area contributed by atoms with E-state index in [1.54, 1.807) is 51.1 Å². The Morgan fingerprint density at radius 2 is 1.71 bits per heavy atom. The molecule has 1 amide bonds. The van der Waals surface area contributed by atoms with Gasteiger partial charge in [0.05, 0.1) is 5.02 Å². The van der Waals surface area contributed by atoms with Crippen molar-refractivity contribution in [2.75, 3.05) is 0 Å². The minimum Gasteiger partial charge on any atom is -0.349 e. The minimum absolute atomic E-state index is 0.268. The van der Waals surface area contributed by atoms with Gasteiger partial charge >= 0.3 is 0 Å². The third kappa shape index (κ3) is 4.32. The number of aromatic nitrogens is 1. The van der Waals surface area contributed by atoms with Crippen LogP contribution in [-0.4, -0.2) is 21.8 Å². The van der Waals surface area contributed by atoms with Gasteiger partial charge in [-0.25, -0.2) is 0 Å². The summed E-state index contributed by atoms with van der Waals surface area (Å²) in [5.41, 5.74) is -0.676. The van der Waals surface area contributed by atoms with Crippen molar-refractivity contribution < 1.29 is 9.59 Å². The van der Waals surface area contributed by atoms with E-state index < -0.39 is 28.8 Å². The van der Waals surface area contributed by atoms with Crippen molar-refractivity contribution in [2.24, 2.45) is 0 Å². The largest absolute Gasteiger partial charge is 0.349 e. The van der Waals surface area contributed by atoms with E-state index in [1.807, 2.05) is 0 Å². The standard InChI is InChI=1S/C18H19ClN2O3/c1-18(2,3)20-17(24)15(16(23)12-7-5-4-6-8-12)21-11-13(19)9-10-14(21)22/h4-11,15H,1-3H3,(H,20,24)/t15-/m0/s1. The van der Waals surface area contributed by atoms with Gasteiger partial charge in [0.25, 0.3) is 11.5 Å². The number of carbonyl (C=O) groups is 2. The average molecular weight is 347 g/mol. The van der Waals surface area contributed by atoms with Crippen LogP contribution >= 0.6 is 11.6 Å². The van der Waals surface area contributed by atoms with Crippen LogP contribution in [0.25, 0.3) is 0 Å². The number of carbonyl (C=O) groups excluding carboxylic acids is 2. The summed E-state index contributed by atoms with van der Waals surface area (Å²) in [5.74, 6) is -1.03. The van der Waals surface area contributed by atoms with E-state index in [0.29, 0.717) is 5.56 Å². The second-order valence-corrected chi connectivity index (χ2v) is 6.90. The fourth-order valence-corrected chi connectivity index (χ4v) is 2.42. The van der Waals surface area contributed by atoms with E-state index in [4.69, 9.17) is 11.6 Å². The molecule has 1 aromatic heterocycles. The molecule has 2 aromatic rings. The van der Waals surface area contributed by atoms with Gasteiger partial charge < -0.3 is 5.32 Å². The third-order valence-corrected chi connectivity index (χ3v) is 3.46. The Morgan fingerprint density at radius 1 is 1.08 bits per heavy atom. The SMILES string of the molecule is CC(C)(C)NC(=O)[C@H](C(=O)c1ccccc1)n1cc(Cl)ccc1=O. The summed E-state index contributed by atoms with van der Waals surface area (Å²) >= 11 is 5.95. The van der Waals surface area contributed by atoms with Gasteiger partial charge in [0.15, 0.2) is 11.8 Å². The molecule has 1 heterocycles. The number of pyridine rings is 1. The molecule has 0 saturated heterocycles. The Bertz CT molecular complexity index is 807. The zero-order valence-corrected chi connectivity index (χ0v) is 14.5. The molecule has 1 atom stereocenters. The van der Waals surface area contributed by atoms with Gasteiger partial charge in [0.2, 0.25) is 0 Å². The maximum atomic E-state index is 12.9. The number of nitrogens with one attached hydrogen (secondary N) is 1. The first-order chi connectivity index (χ1) is 11.2. The predicted molar refractivity (Wildman–Crippen MR) is 93.4 cm³/mol. The van der Waals surface area contributed by atoms with Crippen LogP contribution in [0.1, 0.15) is 37.2 Å². The molecule has 1 N–H and O–H groups in total.